The van der Waals surface area contributed by atoms with Gasteiger partial charge in [-0.1, -0.05) is 18.2 Å². The molecule has 0 fully saturated rings. The van der Waals surface area contributed by atoms with Gasteiger partial charge in [-0.05, 0) is 52.3 Å². The summed E-state index contributed by atoms with van der Waals surface area (Å²) in [7, 11) is 1.66. The summed E-state index contributed by atoms with van der Waals surface area (Å²) in [5.41, 5.74) is 3.62. The van der Waals surface area contributed by atoms with Crippen LogP contribution >= 0.6 is 15.9 Å². The Balaban J connectivity index is 2.01. The van der Waals surface area contributed by atoms with Gasteiger partial charge in [-0.2, -0.15) is 0 Å². The average Bonchev–Trinajstić information content (AvgIpc) is 2.56. The molecule has 0 aliphatic heterocycles. The molecule has 0 saturated carbocycles. The molecule has 3 nitrogen and oxygen atoms in total. The Morgan fingerprint density at radius 3 is 2.48 bits per heavy atom. The van der Waals surface area contributed by atoms with E-state index in [1.165, 1.54) is 0 Å². The van der Waals surface area contributed by atoms with Crippen LogP contribution in [-0.2, 0) is 0 Å². The van der Waals surface area contributed by atoms with Crippen molar-refractivity contribution >= 4 is 15.9 Å². The summed E-state index contributed by atoms with van der Waals surface area (Å²) >= 11 is 3.39. The highest BCUT2D eigenvalue weighted by Crippen LogP contribution is 2.25. The van der Waals surface area contributed by atoms with Gasteiger partial charge in [0.15, 0.2) is 0 Å². The van der Waals surface area contributed by atoms with E-state index in [9.17, 15) is 0 Å². The third kappa shape index (κ3) is 3.11. The van der Waals surface area contributed by atoms with Crippen molar-refractivity contribution in [3.05, 3.63) is 65.3 Å². The van der Waals surface area contributed by atoms with Crippen LogP contribution in [-0.4, -0.2) is 17.1 Å². The van der Waals surface area contributed by atoms with E-state index in [0.29, 0.717) is 0 Å². The lowest BCUT2D eigenvalue weighted by Crippen LogP contribution is -1.90. The Morgan fingerprint density at radius 1 is 0.905 bits per heavy atom. The summed E-state index contributed by atoms with van der Waals surface area (Å²) in [5.74, 6) is 0.821. The quantitative estimate of drug-likeness (QED) is 0.699. The van der Waals surface area contributed by atoms with Crippen molar-refractivity contribution in [1.29, 1.82) is 0 Å². The van der Waals surface area contributed by atoms with Gasteiger partial charge in [0.1, 0.15) is 5.75 Å². The summed E-state index contributed by atoms with van der Waals surface area (Å²) in [6.07, 6.45) is 1.77. The molecule has 3 aromatic rings. The molecular formula is C17H13BrN2O. The SMILES string of the molecule is COc1cccc(-c2cccc(-c3ccc(Br)cn3)n2)c1. The van der Waals surface area contributed by atoms with Crippen LogP contribution in [0.2, 0.25) is 0 Å². The van der Waals surface area contributed by atoms with Crippen molar-refractivity contribution in [1.82, 2.24) is 9.97 Å². The van der Waals surface area contributed by atoms with Gasteiger partial charge >= 0.3 is 0 Å². The van der Waals surface area contributed by atoms with E-state index in [4.69, 9.17) is 4.74 Å². The van der Waals surface area contributed by atoms with Gasteiger partial charge in [-0.3, -0.25) is 4.98 Å². The first kappa shape index (κ1) is 13.8. The minimum Gasteiger partial charge on any atom is -0.497 e. The number of rotatable bonds is 3. The van der Waals surface area contributed by atoms with E-state index in [2.05, 4.69) is 25.9 Å². The second kappa shape index (κ2) is 6.06. The zero-order chi connectivity index (χ0) is 14.7. The van der Waals surface area contributed by atoms with Crippen molar-refractivity contribution in [2.75, 3.05) is 7.11 Å². The first-order chi connectivity index (χ1) is 10.3. The first-order valence-electron chi connectivity index (χ1n) is 6.50. The molecule has 0 amide bonds. The van der Waals surface area contributed by atoms with Gasteiger partial charge in [-0.25, -0.2) is 4.98 Å². The molecule has 1 aromatic carbocycles. The fraction of sp³-hybridized carbons (Fsp3) is 0.0588. The number of nitrogens with zero attached hydrogens (tertiary/aromatic N) is 2. The van der Waals surface area contributed by atoms with E-state index in [1.807, 2.05) is 54.6 Å². The Hall–Kier alpha value is -2.20. The zero-order valence-corrected chi connectivity index (χ0v) is 13.0. The second-order valence-corrected chi connectivity index (χ2v) is 5.42. The third-order valence-electron chi connectivity index (χ3n) is 3.10. The molecule has 0 saturated heterocycles. The fourth-order valence-corrected chi connectivity index (χ4v) is 2.28. The average molecular weight is 341 g/mol. The molecule has 2 heterocycles. The van der Waals surface area contributed by atoms with Crippen LogP contribution in [0, 0.1) is 0 Å². The van der Waals surface area contributed by atoms with Crippen molar-refractivity contribution in [3.63, 3.8) is 0 Å². The maximum Gasteiger partial charge on any atom is 0.119 e. The van der Waals surface area contributed by atoms with E-state index in [0.717, 1.165) is 32.9 Å². The highest BCUT2D eigenvalue weighted by atomic mass is 79.9. The zero-order valence-electron chi connectivity index (χ0n) is 11.5. The summed E-state index contributed by atoms with van der Waals surface area (Å²) in [6, 6.07) is 17.7. The molecule has 21 heavy (non-hydrogen) atoms. The van der Waals surface area contributed by atoms with Crippen LogP contribution in [0.5, 0.6) is 5.75 Å². The minimum absolute atomic E-state index is 0.821. The minimum atomic E-state index is 0.821. The summed E-state index contributed by atoms with van der Waals surface area (Å²) < 4.78 is 6.21. The van der Waals surface area contributed by atoms with Crippen LogP contribution < -0.4 is 4.74 Å². The van der Waals surface area contributed by atoms with Crippen LogP contribution in [0.4, 0.5) is 0 Å². The number of hydrogen-bond donors (Lipinski definition) is 0. The van der Waals surface area contributed by atoms with Crippen molar-refractivity contribution in [3.8, 4) is 28.4 Å². The fourth-order valence-electron chi connectivity index (χ4n) is 2.05. The molecule has 0 bridgehead atoms. The molecule has 0 aliphatic rings. The standard InChI is InChI=1S/C17H13BrN2O/c1-21-14-5-2-4-12(10-14)15-6-3-7-17(20-15)16-9-8-13(18)11-19-16/h2-11H,1H3. The maximum atomic E-state index is 5.26. The molecule has 0 unspecified atom stereocenters. The van der Waals surface area contributed by atoms with Crippen molar-refractivity contribution in [2.24, 2.45) is 0 Å². The normalized spacial score (nSPS) is 10.4. The molecule has 104 valence electrons. The Morgan fingerprint density at radius 2 is 1.71 bits per heavy atom. The van der Waals surface area contributed by atoms with Gasteiger partial charge in [0.2, 0.25) is 0 Å². The number of methoxy groups -OCH3 is 1. The molecule has 4 heteroatoms. The maximum absolute atomic E-state index is 5.26. The largest absolute Gasteiger partial charge is 0.497 e. The van der Waals surface area contributed by atoms with E-state index in [-0.39, 0.29) is 0 Å². The van der Waals surface area contributed by atoms with E-state index < -0.39 is 0 Å². The highest BCUT2D eigenvalue weighted by Gasteiger charge is 2.05. The summed E-state index contributed by atoms with van der Waals surface area (Å²) in [5, 5.41) is 0. The highest BCUT2D eigenvalue weighted by molar-refractivity contribution is 9.10. The van der Waals surface area contributed by atoms with E-state index >= 15 is 0 Å². The van der Waals surface area contributed by atoms with Crippen LogP contribution in [0.1, 0.15) is 0 Å². The monoisotopic (exact) mass is 340 g/mol. The van der Waals surface area contributed by atoms with Crippen LogP contribution in [0.25, 0.3) is 22.6 Å². The lowest BCUT2D eigenvalue weighted by Gasteiger charge is -2.06. The molecule has 2 aromatic heterocycles. The van der Waals surface area contributed by atoms with Gasteiger partial charge < -0.3 is 4.74 Å². The first-order valence-corrected chi connectivity index (χ1v) is 7.29. The molecule has 0 spiro atoms. The van der Waals surface area contributed by atoms with Gasteiger partial charge in [0.05, 0.1) is 24.2 Å². The van der Waals surface area contributed by atoms with Crippen LogP contribution in [0.3, 0.4) is 0 Å². The Bertz CT molecular complexity index is 757. The molecule has 0 atom stereocenters. The molecule has 0 aliphatic carbocycles. The number of hydrogen-bond acceptors (Lipinski definition) is 3. The van der Waals surface area contributed by atoms with Gasteiger partial charge in [-0.15, -0.1) is 0 Å². The Labute approximate surface area is 131 Å². The number of benzene rings is 1. The molecule has 0 radical (unpaired) electrons. The number of pyridine rings is 2. The van der Waals surface area contributed by atoms with Crippen LogP contribution in [0.15, 0.2) is 65.3 Å². The topological polar surface area (TPSA) is 35.0 Å². The number of aromatic nitrogens is 2. The lowest BCUT2D eigenvalue weighted by molar-refractivity contribution is 0.415. The lowest BCUT2D eigenvalue weighted by atomic mass is 10.1. The Kier molecular flexibility index (Phi) is 3.97. The second-order valence-electron chi connectivity index (χ2n) is 4.50. The van der Waals surface area contributed by atoms with Gasteiger partial charge in [0, 0.05) is 16.2 Å². The third-order valence-corrected chi connectivity index (χ3v) is 3.57. The predicted octanol–water partition coefficient (Wildman–Crippen LogP) is 4.58. The summed E-state index contributed by atoms with van der Waals surface area (Å²) in [6.45, 7) is 0. The summed E-state index contributed by atoms with van der Waals surface area (Å²) in [4.78, 5) is 9.07. The van der Waals surface area contributed by atoms with E-state index in [1.54, 1.807) is 13.3 Å². The molecule has 0 N–H and O–H groups in total. The van der Waals surface area contributed by atoms with Crippen molar-refractivity contribution in [2.45, 2.75) is 0 Å². The smallest absolute Gasteiger partial charge is 0.119 e. The number of ether oxygens (including phenoxy) is 1. The molecular weight excluding hydrogens is 328 g/mol. The van der Waals surface area contributed by atoms with Gasteiger partial charge in [0.25, 0.3) is 0 Å². The molecule has 3 rings (SSSR count). The predicted molar refractivity (Wildman–Crippen MR) is 87.2 cm³/mol. The number of halogens is 1. The van der Waals surface area contributed by atoms with Crippen molar-refractivity contribution < 1.29 is 4.74 Å².